The molecule has 2 N–H and O–H groups in total. The third-order valence-corrected chi connectivity index (χ3v) is 4.01. The molecule has 0 aliphatic carbocycles. The summed E-state index contributed by atoms with van der Waals surface area (Å²) in [5, 5.41) is 24.5. The molecule has 5 nitrogen and oxygen atoms in total. The number of nitro benzene ring substituents is 1. The van der Waals surface area contributed by atoms with E-state index in [0.717, 1.165) is 11.1 Å². The van der Waals surface area contributed by atoms with Gasteiger partial charge in [0.25, 0.3) is 5.69 Å². The normalized spacial score (nSPS) is 11.9. The molecule has 118 valence electrons. The maximum Gasteiger partial charge on any atom is 0.273 e. The fourth-order valence-electron chi connectivity index (χ4n) is 2.29. The van der Waals surface area contributed by atoms with Crippen LogP contribution in [0.4, 0.5) is 5.69 Å². The van der Waals surface area contributed by atoms with E-state index >= 15 is 0 Å². The minimum absolute atomic E-state index is 0.123. The fourth-order valence-corrected chi connectivity index (χ4v) is 2.29. The molecule has 0 unspecified atom stereocenters. The van der Waals surface area contributed by atoms with Crippen LogP contribution in [0.5, 0.6) is 0 Å². The first-order valence-corrected chi connectivity index (χ1v) is 7.53. The molecule has 21 heavy (non-hydrogen) atoms. The average Bonchev–Trinajstić information content (AvgIpc) is 2.46. The third-order valence-electron chi connectivity index (χ3n) is 4.01. The van der Waals surface area contributed by atoms with Gasteiger partial charge in [0.05, 0.1) is 10.5 Å². The van der Waals surface area contributed by atoms with E-state index in [9.17, 15) is 15.2 Å². The Morgan fingerprint density at radius 3 is 2.43 bits per heavy atom. The van der Waals surface area contributed by atoms with Crippen LogP contribution in [-0.2, 0) is 6.54 Å². The lowest BCUT2D eigenvalue weighted by atomic mass is 9.97. The largest absolute Gasteiger partial charge is 0.389 e. The molecular weight excluding hydrogens is 268 g/mol. The summed E-state index contributed by atoms with van der Waals surface area (Å²) in [6.07, 6.45) is 1.37. The van der Waals surface area contributed by atoms with Gasteiger partial charge in [0, 0.05) is 24.7 Å². The van der Waals surface area contributed by atoms with Crippen LogP contribution in [0.1, 0.15) is 57.6 Å². The Morgan fingerprint density at radius 2 is 1.95 bits per heavy atom. The van der Waals surface area contributed by atoms with Crippen molar-refractivity contribution in [1.29, 1.82) is 0 Å². The first-order valence-electron chi connectivity index (χ1n) is 7.53. The molecule has 0 aromatic heterocycles. The summed E-state index contributed by atoms with van der Waals surface area (Å²) in [6, 6.07) is 5.36. The number of nitrogens with zero attached hydrogens (tertiary/aromatic N) is 1. The van der Waals surface area contributed by atoms with Gasteiger partial charge >= 0.3 is 0 Å². The van der Waals surface area contributed by atoms with Gasteiger partial charge in [-0.1, -0.05) is 39.8 Å². The Morgan fingerprint density at radius 1 is 1.33 bits per heavy atom. The second-order valence-corrected chi connectivity index (χ2v) is 5.84. The maximum absolute atomic E-state index is 11.1. The van der Waals surface area contributed by atoms with Gasteiger partial charge in [0.1, 0.15) is 0 Å². The van der Waals surface area contributed by atoms with Crippen molar-refractivity contribution in [2.75, 3.05) is 6.54 Å². The molecule has 1 aromatic carbocycles. The van der Waals surface area contributed by atoms with Crippen molar-refractivity contribution < 1.29 is 10.0 Å². The lowest BCUT2D eigenvalue weighted by Crippen LogP contribution is -2.39. The van der Waals surface area contributed by atoms with Gasteiger partial charge in [0.2, 0.25) is 0 Å². The molecule has 0 aliphatic heterocycles. The summed E-state index contributed by atoms with van der Waals surface area (Å²) in [7, 11) is 0. The van der Waals surface area contributed by atoms with E-state index in [-0.39, 0.29) is 16.5 Å². The third kappa shape index (κ3) is 4.79. The predicted octanol–water partition coefficient (Wildman–Crippen LogP) is 3.36. The highest BCUT2D eigenvalue weighted by Crippen LogP contribution is 2.27. The molecule has 0 bridgehead atoms. The molecule has 0 heterocycles. The Kier molecular flexibility index (Phi) is 6.30. The van der Waals surface area contributed by atoms with Crippen molar-refractivity contribution in [2.45, 2.75) is 58.6 Å². The Balaban J connectivity index is 2.77. The Bertz CT molecular complexity index is 482. The van der Waals surface area contributed by atoms with E-state index in [4.69, 9.17) is 0 Å². The van der Waals surface area contributed by atoms with Crippen LogP contribution in [0.15, 0.2) is 18.2 Å². The summed E-state index contributed by atoms with van der Waals surface area (Å²) >= 11 is 0. The molecule has 5 heteroatoms. The Hall–Kier alpha value is -1.46. The van der Waals surface area contributed by atoms with E-state index in [1.807, 2.05) is 39.8 Å². The highest BCUT2D eigenvalue weighted by Gasteiger charge is 2.21. The average molecular weight is 294 g/mol. The van der Waals surface area contributed by atoms with Gasteiger partial charge in [-0.05, 0) is 24.3 Å². The molecule has 0 saturated heterocycles. The van der Waals surface area contributed by atoms with Gasteiger partial charge in [-0.15, -0.1) is 0 Å². The highest BCUT2D eigenvalue weighted by atomic mass is 16.6. The topological polar surface area (TPSA) is 75.4 Å². The molecule has 0 spiro atoms. The number of benzene rings is 1. The van der Waals surface area contributed by atoms with E-state index in [1.54, 1.807) is 6.07 Å². The summed E-state index contributed by atoms with van der Waals surface area (Å²) in [6.45, 7) is 8.80. The van der Waals surface area contributed by atoms with Crippen LogP contribution >= 0.6 is 0 Å². The summed E-state index contributed by atoms with van der Waals surface area (Å²) in [4.78, 5) is 10.8. The summed E-state index contributed by atoms with van der Waals surface area (Å²) in [5.74, 6) is 0.123. The van der Waals surface area contributed by atoms with Gasteiger partial charge in [0.15, 0.2) is 0 Å². The fraction of sp³-hybridized carbons (Fsp3) is 0.625. The summed E-state index contributed by atoms with van der Waals surface area (Å²) < 4.78 is 0. The van der Waals surface area contributed by atoms with Crippen molar-refractivity contribution in [3.8, 4) is 0 Å². The van der Waals surface area contributed by atoms with Crippen LogP contribution in [0.25, 0.3) is 0 Å². The minimum Gasteiger partial charge on any atom is -0.389 e. The molecule has 0 amide bonds. The number of nitro groups is 1. The first-order chi connectivity index (χ1) is 9.83. The van der Waals surface area contributed by atoms with Crippen molar-refractivity contribution in [1.82, 2.24) is 5.32 Å². The number of aliphatic hydroxyl groups is 1. The lowest BCUT2D eigenvalue weighted by Gasteiger charge is -2.25. The molecule has 0 fully saturated rings. The van der Waals surface area contributed by atoms with E-state index in [2.05, 4.69) is 5.32 Å². The van der Waals surface area contributed by atoms with Crippen LogP contribution in [0, 0.1) is 10.1 Å². The van der Waals surface area contributed by atoms with E-state index in [1.165, 1.54) is 0 Å². The highest BCUT2D eigenvalue weighted by molar-refractivity contribution is 5.45. The van der Waals surface area contributed by atoms with Gasteiger partial charge < -0.3 is 10.4 Å². The molecule has 1 aromatic rings. The molecule has 1 rings (SSSR count). The van der Waals surface area contributed by atoms with Gasteiger partial charge in [-0.25, -0.2) is 0 Å². The van der Waals surface area contributed by atoms with Crippen molar-refractivity contribution in [3.63, 3.8) is 0 Å². The molecule has 0 saturated carbocycles. The quantitative estimate of drug-likeness (QED) is 0.569. The number of hydrogen-bond acceptors (Lipinski definition) is 4. The van der Waals surface area contributed by atoms with Crippen LogP contribution < -0.4 is 5.32 Å². The zero-order valence-electron chi connectivity index (χ0n) is 13.3. The smallest absolute Gasteiger partial charge is 0.273 e. The monoisotopic (exact) mass is 294 g/mol. The van der Waals surface area contributed by atoms with E-state index in [0.29, 0.717) is 25.9 Å². The van der Waals surface area contributed by atoms with Gasteiger partial charge in [-0.2, -0.15) is 0 Å². The lowest BCUT2D eigenvalue weighted by molar-refractivity contribution is -0.385. The zero-order chi connectivity index (χ0) is 16.0. The van der Waals surface area contributed by atoms with Gasteiger partial charge in [-0.3, -0.25) is 10.1 Å². The van der Waals surface area contributed by atoms with Crippen molar-refractivity contribution in [2.24, 2.45) is 0 Å². The molecule has 0 aliphatic rings. The SMILES string of the molecule is CCC(O)(CC)CNCc1ccc(C(C)C)c([N+](=O)[O-])c1. The molecule has 0 atom stereocenters. The Labute approximate surface area is 126 Å². The number of hydrogen-bond donors (Lipinski definition) is 2. The van der Waals surface area contributed by atoms with Crippen LogP contribution in [0.2, 0.25) is 0 Å². The second kappa shape index (κ2) is 7.52. The van der Waals surface area contributed by atoms with E-state index < -0.39 is 5.60 Å². The van der Waals surface area contributed by atoms with Crippen molar-refractivity contribution in [3.05, 3.63) is 39.4 Å². The number of rotatable bonds is 8. The van der Waals surface area contributed by atoms with Crippen LogP contribution in [-0.4, -0.2) is 22.2 Å². The minimum atomic E-state index is -0.705. The summed E-state index contributed by atoms with van der Waals surface area (Å²) in [5.41, 5.74) is 1.08. The first kappa shape index (κ1) is 17.6. The maximum atomic E-state index is 11.1. The van der Waals surface area contributed by atoms with Crippen molar-refractivity contribution >= 4 is 5.69 Å². The standard InChI is InChI=1S/C16H26N2O3/c1-5-16(19,6-2)11-17-10-13-7-8-14(12(3)4)15(9-13)18(20)21/h7-9,12,17,19H,5-6,10-11H2,1-4H3. The molecule has 0 radical (unpaired) electrons. The van der Waals surface area contributed by atoms with Crippen LogP contribution in [0.3, 0.4) is 0 Å². The molecular formula is C16H26N2O3. The predicted molar refractivity (Wildman–Crippen MR) is 84.4 cm³/mol. The second-order valence-electron chi connectivity index (χ2n) is 5.84. The number of nitrogens with one attached hydrogen (secondary N) is 1. The zero-order valence-corrected chi connectivity index (χ0v) is 13.3.